The summed E-state index contributed by atoms with van der Waals surface area (Å²) in [7, 11) is 1.31. The minimum absolute atomic E-state index is 0.246. The number of anilines is 1. The van der Waals surface area contributed by atoms with Crippen LogP contribution in [0.5, 0.6) is 0 Å². The van der Waals surface area contributed by atoms with E-state index < -0.39 is 23.7 Å². The van der Waals surface area contributed by atoms with Gasteiger partial charge >= 0.3 is 5.97 Å². The van der Waals surface area contributed by atoms with Gasteiger partial charge < -0.3 is 4.74 Å². The first-order valence-electron chi connectivity index (χ1n) is 8.22. The molecule has 0 aromatic heterocycles. The van der Waals surface area contributed by atoms with Gasteiger partial charge in [-0.15, -0.1) is 0 Å². The van der Waals surface area contributed by atoms with Crippen molar-refractivity contribution >= 4 is 23.5 Å². The van der Waals surface area contributed by atoms with Gasteiger partial charge in [-0.3, -0.25) is 19.3 Å². The number of hydrogen-bond donors (Lipinski definition) is 0. The lowest BCUT2D eigenvalue weighted by atomic mass is 9.70. The fourth-order valence-corrected chi connectivity index (χ4v) is 4.02. The van der Waals surface area contributed by atoms with Gasteiger partial charge in [0.05, 0.1) is 30.6 Å². The molecule has 0 N–H and O–H groups in total. The molecule has 3 atom stereocenters. The first-order chi connectivity index (χ1) is 12.1. The molecule has 5 nitrogen and oxygen atoms in total. The largest absolute Gasteiger partial charge is 0.469 e. The van der Waals surface area contributed by atoms with Gasteiger partial charge in [0.2, 0.25) is 11.8 Å². The average molecular weight is 335 g/mol. The van der Waals surface area contributed by atoms with E-state index in [0.717, 1.165) is 11.1 Å². The molecule has 25 heavy (non-hydrogen) atoms. The second kappa shape index (κ2) is 5.84. The van der Waals surface area contributed by atoms with Crippen molar-refractivity contribution in [2.75, 3.05) is 12.0 Å². The highest BCUT2D eigenvalue weighted by Crippen LogP contribution is 2.46. The number of benzene rings is 2. The molecule has 0 saturated carbocycles. The zero-order valence-corrected chi connectivity index (χ0v) is 13.7. The summed E-state index contributed by atoms with van der Waals surface area (Å²) in [6, 6.07) is 16.3. The summed E-state index contributed by atoms with van der Waals surface area (Å²) in [5, 5.41) is 0. The lowest BCUT2D eigenvalue weighted by Gasteiger charge is -2.30. The quantitative estimate of drug-likeness (QED) is 0.624. The number of amides is 2. The van der Waals surface area contributed by atoms with E-state index in [-0.39, 0.29) is 11.8 Å². The summed E-state index contributed by atoms with van der Waals surface area (Å²) in [4.78, 5) is 39.7. The summed E-state index contributed by atoms with van der Waals surface area (Å²) < 4.78 is 4.96. The summed E-state index contributed by atoms with van der Waals surface area (Å²) >= 11 is 0. The second-order valence-electron chi connectivity index (χ2n) is 6.38. The topological polar surface area (TPSA) is 63.7 Å². The van der Waals surface area contributed by atoms with Crippen LogP contribution in [0, 0.1) is 11.8 Å². The highest BCUT2D eigenvalue weighted by molar-refractivity contribution is 6.23. The van der Waals surface area contributed by atoms with Crippen LogP contribution >= 0.6 is 0 Å². The number of methoxy groups -OCH3 is 1. The molecule has 2 aromatic rings. The monoisotopic (exact) mass is 335 g/mol. The Kier molecular flexibility index (Phi) is 3.64. The second-order valence-corrected chi connectivity index (χ2v) is 6.38. The van der Waals surface area contributed by atoms with E-state index in [1.54, 1.807) is 24.3 Å². The van der Waals surface area contributed by atoms with Crippen LogP contribution in [0.1, 0.15) is 17.0 Å². The molecule has 0 spiro atoms. The summed E-state index contributed by atoms with van der Waals surface area (Å²) in [6.07, 6.45) is 0.461. The van der Waals surface area contributed by atoms with Crippen molar-refractivity contribution in [2.45, 2.75) is 12.3 Å². The van der Waals surface area contributed by atoms with Gasteiger partial charge in [-0.05, 0) is 29.7 Å². The van der Waals surface area contributed by atoms with Gasteiger partial charge in [-0.2, -0.15) is 0 Å². The fourth-order valence-electron chi connectivity index (χ4n) is 4.02. The summed E-state index contributed by atoms with van der Waals surface area (Å²) in [6.45, 7) is 0. The number of imide groups is 1. The molecule has 2 aliphatic rings. The molecule has 1 fully saturated rings. The number of ether oxygens (including phenoxy) is 1. The molecule has 1 aliphatic carbocycles. The summed E-state index contributed by atoms with van der Waals surface area (Å²) in [5.74, 6) is -3.04. The van der Waals surface area contributed by atoms with Gasteiger partial charge in [0.25, 0.3) is 0 Å². The fraction of sp³-hybridized carbons (Fsp3) is 0.250. The number of rotatable bonds is 2. The van der Waals surface area contributed by atoms with Crippen LogP contribution in [0.25, 0.3) is 0 Å². The number of hydrogen-bond acceptors (Lipinski definition) is 4. The highest BCUT2D eigenvalue weighted by Gasteiger charge is 2.56. The molecule has 126 valence electrons. The Morgan fingerprint density at radius 2 is 1.68 bits per heavy atom. The molecule has 2 aromatic carbocycles. The van der Waals surface area contributed by atoms with Crippen LogP contribution in [-0.2, 0) is 25.5 Å². The van der Waals surface area contributed by atoms with Gasteiger partial charge in [-0.25, -0.2) is 0 Å². The zero-order chi connectivity index (χ0) is 17.6. The van der Waals surface area contributed by atoms with Crippen molar-refractivity contribution in [2.24, 2.45) is 11.8 Å². The molecule has 0 bridgehead atoms. The van der Waals surface area contributed by atoms with Crippen LogP contribution in [0.3, 0.4) is 0 Å². The first-order valence-corrected chi connectivity index (χ1v) is 8.22. The molecule has 1 heterocycles. The van der Waals surface area contributed by atoms with Crippen LogP contribution < -0.4 is 4.90 Å². The standard InChI is InChI=1S/C20H17NO4/c1-25-20(24)17-14-10-6-5-7-12(14)11-15-16(17)19(23)21(18(15)22)13-8-3-2-4-9-13/h2-10,15-17H,11H2,1H3/t15-,16-,17+/m1/s1. The zero-order valence-electron chi connectivity index (χ0n) is 13.7. The van der Waals surface area contributed by atoms with Crippen molar-refractivity contribution in [3.63, 3.8) is 0 Å². The predicted molar refractivity (Wildman–Crippen MR) is 90.8 cm³/mol. The summed E-state index contributed by atoms with van der Waals surface area (Å²) in [5.41, 5.74) is 2.25. The van der Waals surface area contributed by atoms with E-state index in [9.17, 15) is 14.4 Å². The lowest BCUT2D eigenvalue weighted by molar-refractivity contribution is -0.146. The molecular weight excluding hydrogens is 318 g/mol. The molecule has 4 rings (SSSR count). The Bertz CT molecular complexity index is 861. The van der Waals surface area contributed by atoms with Crippen LogP contribution in [0.15, 0.2) is 54.6 Å². The maximum Gasteiger partial charge on any atom is 0.313 e. The SMILES string of the molecule is COC(=O)[C@H]1c2ccccc2C[C@H]2C(=O)N(c3ccccc3)C(=O)[C@H]21. The molecule has 0 unspecified atom stereocenters. The third kappa shape index (κ3) is 2.27. The molecule has 5 heteroatoms. The molecule has 1 saturated heterocycles. The average Bonchev–Trinajstić information content (AvgIpc) is 2.90. The molecule has 2 amide bonds. The van der Waals surface area contributed by atoms with Crippen LogP contribution in [0.4, 0.5) is 5.69 Å². The van der Waals surface area contributed by atoms with E-state index in [2.05, 4.69) is 0 Å². The van der Waals surface area contributed by atoms with Crippen LogP contribution in [0.2, 0.25) is 0 Å². The van der Waals surface area contributed by atoms with Gasteiger partial charge in [-0.1, -0.05) is 42.5 Å². The number of para-hydroxylation sites is 1. The Hall–Kier alpha value is -2.95. The number of fused-ring (bicyclic) bond motifs is 2. The minimum atomic E-state index is -0.745. The molecule has 0 radical (unpaired) electrons. The smallest absolute Gasteiger partial charge is 0.313 e. The normalized spacial score (nSPS) is 24.7. The van der Waals surface area contributed by atoms with E-state index >= 15 is 0 Å². The maximum atomic E-state index is 13.1. The Morgan fingerprint density at radius 3 is 2.40 bits per heavy atom. The van der Waals surface area contributed by atoms with E-state index in [4.69, 9.17) is 4.74 Å². The van der Waals surface area contributed by atoms with Gasteiger partial charge in [0, 0.05) is 0 Å². The number of nitrogens with zero attached hydrogens (tertiary/aromatic N) is 1. The third-order valence-corrected chi connectivity index (χ3v) is 5.14. The van der Waals surface area contributed by atoms with E-state index in [1.807, 2.05) is 30.3 Å². The van der Waals surface area contributed by atoms with E-state index in [1.165, 1.54) is 12.0 Å². The van der Waals surface area contributed by atoms with Crippen molar-refractivity contribution in [3.8, 4) is 0 Å². The Labute approximate surface area is 145 Å². The van der Waals surface area contributed by atoms with Gasteiger partial charge in [0.1, 0.15) is 0 Å². The van der Waals surface area contributed by atoms with Crippen molar-refractivity contribution in [1.29, 1.82) is 0 Å². The Balaban J connectivity index is 1.83. The molecular formula is C20H17NO4. The number of carbonyl (C=O) groups is 3. The maximum absolute atomic E-state index is 13.1. The Morgan fingerprint density at radius 1 is 1.00 bits per heavy atom. The third-order valence-electron chi connectivity index (χ3n) is 5.14. The highest BCUT2D eigenvalue weighted by atomic mass is 16.5. The van der Waals surface area contributed by atoms with Gasteiger partial charge in [0.15, 0.2) is 0 Å². The predicted octanol–water partition coefficient (Wildman–Crippen LogP) is 2.31. The van der Waals surface area contributed by atoms with Crippen molar-refractivity contribution in [3.05, 3.63) is 65.7 Å². The van der Waals surface area contributed by atoms with Crippen molar-refractivity contribution < 1.29 is 19.1 Å². The van der Waals surface area contributed by atoms with E-state index in [0.29, 0.717) is 12.1 Å². The lowest BCUT2D eigenvalue weighted by Crippen LogP contribution is -2.37. The minimum Gasteiger partial charge on any atom is -0.469 e. The van der Waals surface area contributed by atoms with Crippen molar-refractivity contribution in [1.82, 2.24) is 0 Å². The molecule has 1 aliphatic heterocycles. The number of carbonyl (C=O) groups excluding carboxylic acids is 3. The number of esters is 1. The van der Waals surface area contributed by atoms with Crippen LogP contribution in [-0.4, -0.2) is 24.9 Å². The first kappa shape index (κ1) is 15.6.